The predicted molar refractivity (Wildman–Crippen MR) is 117 cm³/mol. The van der Waals surface area contributed by atoms with E-state index in [0.717, 1.165) is 52.6 Å². The number of hydrogen-bond donors (Lipinski definition) is 3. The lowest BCUT2D eigenvalue weighted by Gasteiger charge is -2.25. The molecule has 1 aliphatic heterocycles. The molecule has 2 fully saturated rings. The summed E-state index contributed by atoms with van der Waals surface area (Å²) in [6.45, 7) is 1.98. The maximum absolute atomic E-state index is 12.7. The number of anilines is 1. The molecule has 1 atom stereocenters. The predicted octanol–water partition coefficient (Wildman–Crippen LogP) is 3.76. The third-order valence-electron chi connectivity index (χ3n) is 5.42. The highest BCUT2D eigenvalue weighted by atomic mass is 79.9. The zero-order chi connectivity index (χ0) is 19.1. The molecule has 1 aromatic carbocycles. The molecule has 2 aliphatic rings. The first-order chi connectivity index (χ1) is 13.7. The fourth-order valence-corrected chi connectivity index (χ4v) is 4.13. The maximum Gasteiger partial charge on any atom is 0.258 e. The van der Waals surface area contributed by atoms with Gasteiger partial charge in [0.15, 0.2) is 0 Å². The van der Waals surface area contributed by atoms with Crippen LogP contribution in [0.4, 0.5) is 5.82 Å². The Morgan fingerprint density at radius 1 is 1.21 bits per heavy atom. The summed E-state index contributed by atoms with van der Waals surface area (Å²) >= 11 is 3.55. The molecule has 1 aliphatic carbocycles. The number of nitrogens with zero attached hydrogens (tertiary/aromatic N) is 1. The van der Waals surface area contributed by atoms with Crippen molar-refractivity contribution in [2.24, 2.45) is 5.92 Å². The second-order valence-corrected chi connectivity index (χ2v) is 8.55. The third-order valence-corrected chi connectivity index (χ3v) is 5.92. The Balaban J connectivity index is 1.74. The molecule has 0 unspecified atom stereocenters. The van der Waals surface area contributed by atoms with Gasteiger partial charge in [-0.3, -0.25) is 4.79 Å². The molecule has 1 saturated heterocycles. The van der Waals surface area contributed by atoms with Crippen molar-refractivity contribution in [3.8, 4) is 11.8 Å². The summed E-state index contributed by atoms with van der Waals surface area (Å²) in [5.41, 5.74) is 1.33. The van der Waals surface area contributed by atoms with Gasteiger partial charge in [0.25, 0.3) is 5.56 Å². The van der Waals surface area contributed by atoms with E-state index in [2.05, 4.69) is 43.4 Å². The lowest BCUT2D eigenvalue weighted by atomic mass is 10.0. The quantitative estimate of drug-likeness (QED) is 0.422. The van der Waals surface area contributed by atoms with Gasteiger partial charge in [-0.25, -0.2) is 4.98 Å². The number of rotatable bonds is 2. The van der Waals surface area contributed by atoms with E-state index in [1.165, 1.54) is 12.8 Å². The van der Waals surface area contributed by atoms with Crippen LogP contribution in [0.15, 0.2) is 33.7 Å². The highest BCUT2D eigenvalue weighted by molar-refractivity contribution is 9.10. The number of hydrogen-bond acceptors (Lipinski definition) is 4. The van der Waals surface area contributed by atoms with E-state index in [0.29, 0.717) is 22.9 Å². The zero-order valence-corrected chi connectivity index (χ0v) is 17.0. The fourth-order valence-electron chi connectivity index (χ4n) is 3.77. The van der Waals surface area contributed by atoms with Crippen molar-refractivity contribution < 1.29 is 0 Å². The molecule has 0 radical (unpaired) electrons. The van der Waals surface area contributed by atoms with Gasteiger partial charge in [0, 0.05) is 39.9 Å². The molecular weight excluding hydrogens is 416 g/mol. The smallest absolute Gasteiger partial charge is 0.258 e. The number of fused-ring (bicyclic) bond motifs is 3. The van der Waals surface area contributed by atoms with E-state index in [9.17, 15) is 4.79 Å². The lowest BCUT2D eigenvalue weighted by molar-refractivity contribution is 0.479. The summed E-state index contributed by atoms with van der Waals surface area (Å²) in [7, 11) is 0. The van der Waals surface area contributed by atoms with E-state index in [-0.39, 0.29) is 5.56 Å². The van der Waals surface area contributed by atoms with Crippen LogP contribution in [0.5, 0.6) is 0 Å². The van der Waals surface area contributed by atoms with Crippen molar-refractivity contribution in [3.05, 3.63) is 44.8 Å². The van der Waals surface area contributed by atoms with Crippen LogP contribution in [-0.4, -0.2) is 29.1 Å². The lowest BCUT2D eigenvalue weighted by Crippen LogP contribution is -2.38. The largest absolute Gasteiger partial charge is 0.366 e. The average Bonchev–Trinajstić information content (AvgIpc) is 3.52. The topological polar surface area (TPSA) is 69.8 Å². The normalized spacial score (nSPS) is 19.4. The van der Waals surface area contributed by atoms with Crippen LogP contribution in [0.1, 0.15) is 31.2 Å². The molecule has 2 aromatic heterocycles. The van der Waals surface area contributed by atoms with Gasteiger partial charge in [0.05, 0.1) is 16.5 Å². The number of H-pyrrole nitrogens is 1. The summed E-state index contributed by atoms with van der Waals surface area (Å²) in [5.74, 6) is 7.86. The second kappa shape index (κ2) is 7.23. The van der Waals surface area contributed by atoms with Gasteiger partial charge in [-0.15, -0.1) is 0 Å². The number of aromatic nitrogens is 2. The van der Waals surface area contributed by atoms with Crippen LogP contribution in [-0.2, 0) is 0 Å². The molecule has 1 saturated carbocycles. The van der Waals surface area contributed by atoms with Gasteiger partial charge >= 0.3 is 0 Å². The van der Waals surface area contributed by atoms with E-state index >= 15 is 0 Å². The van der Waals surface area contributed by atoms with Crippen LogP contribution >= 0.6 is 15.9 Å². The molecule has 142 valence electrons. The first-order valence-corrected chi connectivity index (χ1v) is 10.6. The highest BCUT2D eigenvalue weighted by Crippen LogP contribution is 2.32. The molecule has 0 spiro atoms. The number of aromatic amines is 1. The van der Waals surface area contributed by atoms with Crippen LogP contribution in [0.3, 0.4) is 0 Å². The van der Waals surface area contributed by atoms with Gasteiger partial charge < -0.3 is 15.6 Å². The maximum atomic E-state index is 12.7. The molecule has 5 nitrogen and oxygen atoms in total. The molecule has 28 heavy (non-hydrogen) atoms. The summed E-state index contributed by atoms with van der Waals surface area (Å²) in [5, 5.41) is 9.50. The van der Waals surface area contributed by atoms with Gasteiger partial charge in [-0.2, -0.15) is 0 Å². The molecule has 3 heterocycles. The van der Waals surface area contributed by atoms with Crippen LogP contribution < -0.4 is 16.2 Å². The van der Waals surface area contributed by atoms with Crippen LogP contribution in [0.25, 0.3) is 21.7 Å². The Morgan fingerprint density at radius 3 is 2.89 bits per heavy atom. The second-order valence-electron chi connectivity index (χ2n) is 7.64. The fraction of sp³-hybridized carbons (Fsp3) is 0.364. The summed E-state index contributed by atoms with van der Waals surface area (Å²) in [6.07, 6.45) is 6.28. The van der Waals surface area contributed by atoms with Crippen molar-refractivity contribution in [2.75, 3.05) is 18.4 Å². The summed E-state index contributed by atoms with van der Waals surface area (Å²) in [6, 6.07) is 6.34. The highest BCUT2D eigenvalue weighted by Gasteiger charge is 2.20. The number of piperidine rings is 1. The first-order valence-electron chi connectivity index (χ1n) is 9.82. The van der Waals surface area contributed by atoms with E-state index in [1.807, 2.05) is 18.2 Å². The molecular formula is C22H21BrN4O. The monoisotopic (exact) mass is 436 g/mol. The van der Waals surface area contributed by atoms with Crippen molar-refractivity contribution in [2.45, 2.75) is 31.7 Å². The minimum atomic E-state index is -0.131. The summed E-state index contributed by atoms with van der Waals surface area (Å²) in [4.78, 5) is 20.5. The number of halogens is 1. The van der Waals surface area contributed by atoms with Crippen molar-refractivity contribution in [3.63, 3.8) is 0 Å². The minimum Gasteiger partial charge on any atom is -0.366 e. The number of nitrogens with one attached hydrogen (secondary N) is 3. The molecule has 0 bridgehead atoms. The SMILES string of the molecule is O=c1[nH]cc(C#CC2CC2)c2nc(N[C@H]3CCCNC3)c3ccc(Br)cc3c12. The van der Waals surface area contributed by atoms with Gasteiger partial charge in [0.1, 0.15) is 5.82 Å². The standard InChI is InChI=1S/C22H21BrN4O/c23-15-7-8-17-18(10-15)19-20(27-21(17)26-16-2-1-9-24-12-16)14(11-25-22(19)28)6-5-13-3-4-13/h7-8,10-11,13,16,24H,1-4,9,12H2,(H,25,28)(H,26,27)/t16-/m0/s1. The average molecular weight is 437 g/mol. The van der Waals surface area contributed by atoms with Crippen LogP contribution in [0, 0.1) is 17.8 Å². The molecule has 0 amide bonds. The van der Waals surface area contributed by atoms with Crippen LogP contribution in [0.2, 0.25) is 0 Å². The van der Waals surface area contributed by atoms with Crippen molar-refractivity contribution in [1.82, 2.24) is 15.3 Å². The molecule has 3 aromatic rings. The summed E-state index contributed by atoms with van der Waals surface area (Å²) < 4.78 is 0.937. The Hall–Kier alpha value is -2.36. The first kappa shape index (κ1) is 17.7. The third kappa shape index (κ3) is 3.41. The van der Waals surface area contributed by atoms with E-state index in [4.69, 9.17) is 4.98 Å². The van der Waals surface area contributed by atoms with E-state index < -0.39 is 0 Å². The van der Waals surface area contributed by atoms with Crippen molar-refractivity contribution >= 4 is 43.4 Å². The van der Waals surface area contributed by atoms with Gasteiger partial charge in [-0.1, -0.05) is 27.8 Å². The Morgan fingerprint density at radius 2 is 2.11 bits per heavy atom. The number of pyridine rings is 2. The van der Waals surface area contributed by atoms with E-state index in [1.54, 1.807) is 6.20 Å². The Bertz CT molecular complexity index is 1180. The molecule has 3 N–H and O–H groups in total. The number of benzene rings is 1. The minimum absolute atomic E-state index is 0.131. The van der Waals surface area contributed by atoms with Gasteiger partial charge in [0.2, 0.25) is 0 Å². The van der Waals surface area contributed by atoms with Gasteiger partial charge in [-0.05, 0) is 50.4 Å². The molecule has 5 rings (SSSR count). The Labute approximate surface area is 171 Å². The zero-order valence-electron chi connectivity index (χ0n) is 15.4. The Kier molecular flexibility index (Phi) is 4.58. The molecule has 6 heteroatoms. The van der Waals surface area contributed by atoms with Crippen molar-refractivity contribution in [1.29, 1.82) is 0 Å².